The molecular formula is C30H31FN6O. The van der Waals surface area contributed by atoms with E-state index in [9.17, 15) is 9.18 Å². The van der Waals surface area contributed by atoms with Gasteiger partial charge < -0.3 is 4.98 Å². The van der Waals surface area contributed by atoms with Crippen LogP contribution in [0.1, 0.15) is 47.5 Å². The largest absolute Gasteiger partial charge is 0.322 e. The van der Waals surface area contributed by atoms with Crippen molar-refractivity contribution in [1.29, 1.82) is 0 Å². The van der Waals surface area contributed by atoms with Gasteiger partial charge in [0.05, 0.1) is 6.04 Å². The van der Waals surface area contributed by atoms with Crippen molar-refractivity contribution in [2.24, 2.45) is 0 Å². The molecular weight excluding hydrogens is 479 g/mol. The van der Waals surface area contributed by atoms with Gasteiger partial charge in [-0.1, -0.05) is 61.0 Å². The van der Waals surface area contributed by atoms with E-state index in [-0.39, 0.29) is 17.4 Å². The number of nitrogens with one attached hydrogen (secondary N) is 1. The van der Waals surface area contributed by atoms with Gasteiger partial charge in [0.1, 0.15) is 5.82 Å². The van der Waals surface area contributed by atoms with E-state index in [1.165, 1.54) is 17.7 Å². The highest BCUT2D eigenvalue weighted by Crippen LogP contribution is 2.27. The van der Waals surface area contributed by atoms with Gasteiger partial charge in [-0.15, -0.1) is 5.10 Å². The predicted octanol–water partition coefficient (Wildman–Crippen LogP) is 5.36. The van der Waals surface area contributed by atoms with Crippen LogP contribution in [0.3, 0.4) is 0 Å². The van der Waals surface area contributed by atoms with E-state index in [4.69, 9.17) is 0 Å². The average Bonchev–Trinajstić information content (AvgIpc) is 3.38. The van der Waals surface area contributed by atoms with Gasteiger partial charge in [0.15, 0.2) is 5.82 Å². The summed E-state index contributed by atoms with van der Waals surface area (Å²) in [6, 6.07) is 24.5. The standard InChI is InChI=1S/C30H31FN6O/c1-3-28(29-33-34-35-37(29)16-15-22-7-5-4-6-8-22)36(19-23-10-12-26(31)13-11-23)20-25-18-24-17-21(2)9-14-27(24)32-30(25)38/h4-14,17-18,28H,3,15-16,19-20H2,1-2H3,(H,32,38)/t28-/m1/s1. The van der Waals surface area contributed by atoms with Gasteiger partial charge in [0.25, 0.3) is 5.56 Å². The van der Waals surface area contributed by atoms with Crippen molar-refractivity contribution < 1.29 is 4.39 Å². The number of tetrazole rings is 1. The first kappa shape index (κ1) is 25.5. The Kier molecular flexibility index (Phi) is 7.70. The molecule has 0 aliphatic heterocycles. The minimum absolute atomic E-state index is 0.121. The van der Waals surface area contributed by atoms with Crippen molar-refractivity contribution in [3.8, 4) is 0 Å². The highest BCUT2D eigenvalue weighted by Gasteiger charge is 2.26. The Morgan fingerprint density at radius 3 is 2.53 bits per heavy atom. The van der Waals surface area contributed by atoms with Crippen molar-refractivity contribution in [2.75, 3.05) is 0 Å². The molecule has 0 saturated heterocycles. The Labute approximate surface area is 220 Å². The number of H-pyrrole nitrogens is 1. The first-order valence-electron chi connectivity index (χ1n) is 12.9. The molecule has 0 aliphatic carbocycles. The number of halogens is 1. The van der Waals surface area contributed by atoms with Crippen molar-refractivity contribution in [3.63, 3.8) is 0 Å². The third kappa shape index (κ3) is 5.86. The molecule has 0 amide bonds. The highest BCUT2D eigenvalue weighted by molar-refractivity contribution is 5.79. The summed E-state index contributed by atoms with van der Waals surface area (Å²) in [4.78, 5) is 18.3. The third-order valence-corrected chi connectivity index (χ3v) is 6.89. The van der Waals surface area contributed by atoms with Crippen molar-refractivity contribution in [3.05, 3.63) is 123 Å². The minimum atomic E-state index is -0.279. The van der Waals surface area contributed by atoms with E-state index >= 15 is 0 Å². The normalized spacial score (nSPS) is 12.3. The lowest BCUT2D eigenvalue weighted by Crippen LogP contribution is -2.32. The zero-order valence-corrected chi connectivity index (χ0v) is 21.6. The summed E-state index contributed by atoms with van der Waals surface area (Å²) in [7, 11) is 0. The molecule has 0 fully saturated rings. The van der Waals surface area contributed by atoms with Gasteiger partial charge in [-0.05, 0) is 77.0 Å². The van der Waals surface area contributed by atoms with Crippen molar-refractivity contribution in [2.45, 2.75) is 52.4 Å². The zero-order chi connectivity index (χ0) is 26.5. The fraction of sp³-hybridized carbons (Fsp3) is 0.267. The number of aromatic nitrogens is 5. The molecule has 8 heteroatoms. The number of rotatable bonds is 10. The Hall–Kier alpha value is -4.17. The van der Waals surface area contributed by atoms with E-state index < -0.39 is 0 Å². The maximum atomic E-state index is 13.6. The first-order chi connectivity index (χ1) is 18.5. The molecule has 7 nitrogen and oxygen atoms in total. The zero-order valence-electron chi connectivity index (χ0n) is 21.6. The van der Waals surface area contributed by atoms with Crippen LogP contribution < -0.4 is 5.56 Å². The fourth-order valence-electron chi connectivity index (χ4n) is 4.90. The van der Waals surface area contributed by atoms with Crippen molar-refractivity contribution in [1.82, 2.24) is 30.1 Å². The predicted molar refractivity (Wildman–Crippen MR) is 146 cm³/mol. The van der Waals surface area contributed by atoms with E-state index in [1.807, 2.05) is 48.0 Å². The Bertz CT molecular complexity index is 1560. The minimum Gasteiger partial charge on any atom is -0.322 e. The van der Waals surface area contributed by atoms with E-state index in [2.05, 4.69) is 50.5 Å². The van der Waals surface area contributed by atoms with Gasteiger partial charge in [-0.25, -0.2) is 9.07 Å². The Morgan fingerprint density at radius 1 is 0.974 bits per heavy atom. The third-order valence-electron chi connectivity index (χ3n) is 6.89. The second kappa shape index (κ2) is 11.5. The van der Waals surface area contributed by atoms with Crippen LogP contribution >= 0.6 is 0 Å². The summed E-state index contributed by atoms with van der Waals surface area (Å²) in [5.74, 6) is 0.470. The lowest BCUT2D eigenvalue weighted by atomic mass is 10.1. The summed E-state index contributed by atoms with van der Waals surface area (Å²) in [5.41, 5.74) is 4.63. The molecule has 1 N–H and O–H groups in total. The highest BCUT2D eigenvalue weighted by atomic mass is 19.1. The van der Waals surface area contributed by atoms with Gasteiger partial charge in [0, 0.05) is 30.7 Å². The smallest absolute Gasteiger partial charge is 0.252 e. The number of nitrogens with zero attached hydrogens (tertiary/aromatic N) is 5. The molecule has 5 rings (SSSR count). The fourth-order valence-corrected chi connectivity index (χ4v) is 4.90. The molecule has 0 aliphatic rings. The van der Waals surface area contributed by atoms with Crippen LogP contribution in [0, 0.1) is 12.7 Å². The van der Waals surface area contributed by atoms with Crippen LogP contribution in [0.4, 0.5) is 4.39 Å². The van der Waals surface area contributed by atoms with Crippen LogP contribution in [0.2, 0.25) is 0 Å². The molecule has 38 heavy (non-hydrogen) atoms. The summed E-state index contributed by atoms with van der Waals surface area (Å²) in [5, 5.41) is 13.7. The topological polar surface area (TPSA) is 79.7 Å². The molecule has 1 atom stereocenters. The molecule has 0 bridgehead atoms. The molecule has 2 heterocycles. The number of fused-ring (bicyclic) bond motifs is 1. The Morgan fingerprint density at radius 2 is 1.76 bits per heavy atom. The molecule has 0 spiro atoms. The second-order valence-corrected chi connectivity index (χ2v) is 9.67. The molecule has 2 aromatic heterocycles. The van der Waals surface area contributed by atoms with Crippen LogP contribution in [0.5, 0.6) is 0 Å². The molecule has 0 unspecified atom stereocenters. The van der Waals surface area contributed by atoms with Gasteiger partial charge in [-0.3, -0.25) is 9.69 Å². The number of aryl methyl sites for hydroxylation is 3. The van der Waals surface area contributed by atoms with E-state index in [0.29, 0.717) is 25.2 Å². The number of hydrogen-bond donors (Lipinski definition) is 1. The molecule has 3 aromatic carbocycles. The van der Waals surface area contributed by atoms with Gasteiger partial charge in [0.2, 0.25) is 0 Å². The first-order valence-corrected chi connectivity index (χ1v) is 12.9. The Balaban J connectivity index is 1.48. The average molecular weight is 511 g/mol. The van der Waals surface area contributed by atoms with E-state index in [1.54, 1.807) is 12.1 Å². The van der Waals surface area contributed by atoms with Crippen LogP contribution in [0.15, 0.2) is 83.7 Å². The molecule has 0 saturated carbocycles. The SMILES string of the molecule is CC[C@H](c1nnnn1CCc1ccccc1)N(Cc1ccc(F)cc1)Cc1cc2cc(C)ccc2[nH]c1=O. The van der Waals surface area contributed by atoms with Crippen LogP contribution in [0.25, 0.3) is 10.9 Å². The summed E-state index contributed by atoms with van der Waals surface area (Å²) in [6.45, 7) is 5.67. The molecule has 0 radical (unpaired) electrons. The summed E-state index contributed by atoms with van der Waals surface area (Å²) in [6.07, 6.45) is 1.54. The number of hydrogen-bond acceptors (Lipinski definition) is 5. The summed E-state index contributed by atoms with van der Waals surface area (Å²) >= 11 is 0. The van der Waals surface area contributed by atoms with Gasteiger partial charge >= 0.3 is 0 Å². The second-order valence-electron chi connectivity index (χ2n) is 9.67. The monoisotopic (exact) mass is 510 g/mol. The molecule has 5 aromatic rings. The number of benzene rings is 3. The summed E-state index contributed by atoms with van der Waals surface area (Å²) < 4.78 is 15.5. The van der Waals surface area contributed by atoms with E-state index in [0.717, 1.165) is 40.7 Å². The van der Waals surface area contributed by atoms with Crippen LogP contribution in [-0.4, -0.2) is 30.1 Å². The van der Waals surface area contributed by atoms with Gasteiger partial charge in [-0.2, -0.15) is 0 Å². The lowest BCUT2D eigenvalue weighted by molar-refractivity contribution is 0.160. The maximum Gasteiger partial charge on any atom is 0.252 e. The lowest BCUT2D eigenvalue weighted by Gasteiger charge is -2.30. The quantitative estimate of drug-likeness (QED) is 0.274. The number of aromatic amines is 1. The number of pyridine rings is 1. The molecule has 194 valence electrons. The van der Waals surface area contributed by atoms with Crippen molar-refractivity contribution >= 4 is 10.9 Å². The maximum absolute atomic E-state index is 13.6. The van der Waals surface area contributed by atoms with Crippen LogP contribution in [-0.2, 0) is 26.1 Å².